The van der Waals surface area contributed by atoms with Gasteiger partial charge in [0.15, 0.2) is 0 Å². The molecule has 1 spiro atoms. The average Bonchev–Trinajstić information content (AvgIpc) is 4.11. The number of piperidine rings is 1. The largest absolute Gasteiger partial charge is 0.497 e. The molecular weight excluding hydrogens is 982 g/mol. The number of aromatic amines is 1. The van der Waals surface area contributed by atoms with Crippen LogP contribution >= 0.6 is 11.3 Å². The highest BCUT2D eigenvalue weighted by atomic mass is 32.2. The number of sulfonamides is 1. The number of nitrogens with zero attached hydrogens (tertiary/aromatic N) is 5. The van der Waals surface area contributed by atoms with E-state index >= 15 is 4.39 Å². The molecule has 16 nitrogen and oxygen atoms in total. The highest BCUT2D eigenvalue weighted by Gasteiger charge is 2.50. The summed E-state index contributed by atoms with van der Waals surface area (Å²) in [7, 11) is -2.93. The molecule has 3 aromatic heterocycles. The first kappa shape index (κ1) is 49.8. The zero-order valence-electron chi connectivity index (χ0n) is 41.8. The van der Waals surface area contributed by atoms with E-state index in [1.165, 1.54) is 51.9 Å². The molecule has 1 amide bonds. The fraction of sp³-hybridized carbons (Fsp3) is 0.400. The second-order valence-corrected chi connectivity index (χ2v) is 22.9. The topological polar surface area (TPSA) is 190 Å². The van der Waals surface area contributed by atoms with Crippen LogP contribution in [0.1, 0.15) is 78.5 Å². The maximum Gasteiger partial charge on any atom is 0.268 e. The maximum atomic E-state index is 16.7. The quantitative estimate of drug-likeness (QED) is 0.0712. The van der Waals surface area contributed by atoms with Crippen LogP contribution in [0, 0.1) is 11.2 Å². The van der Waals surface area contributed by atoms with Crippen LogP contribution in [0.4, 0.5) is 21.5 Å². The number of pyridine rings is 1. The molecule has 4 aliphatic rings. The Balaban J connectivity index is 0.809. The number of carbonyl (C=O) groups is 1. The summed E-state index contributed by atoms with van der Waals surface area (Å²) in [5.41, 5.74) is 13.5. The molecular formula is C55H62FN9O7S2. The summed E-state index contributed by atoms with van der Waals surface area (Å²) in [5.74, 6) is -0.248. The number of ether oxygens (including phenoxy) is 4. The number of thiazole rings is 1. The van der Waals surface area contributed by atoms with Gasteiger partial charge in [0, 0.05) is 75.5 Å². The number of fused-ring (bicyclic) bond motifs is 2. The Morgan fingerprint density at radius 1 is 1.00 bits per heavy atom. The molecule has 11 rings (SSSR count). The van der Waals surface area contributed by atoms with Crippen molar-refractivity contribution in [3.8, 4) is 17.2 Å². The maximum absolute atomic E-state index is 16.7. The molecule has 0 unspecified atom stereocenters. The normalized spacial score (nSPS) is 19.8. The number of nitrogen functional groups attached to an aromatic ring is 1. The van der Waals surface area contributed by atoms with Gasteiger partial charge in [0.25, 0.3) is 15.9 Å². The summed E-state index contributed by atoms with van der Waals surface area (Å²) < 4.78 is 70.8. The number of benzene rings is 4. The predicted octanol–water partition coefficient (Wildman–Crippen LogP) is 9.07. The summed E-state index contributed by atoms with van der Waals surface area (Å²) >= 11 is 1.20. The van der Waals surface area contributed by atoms with Crippen molar-refractivity contribution in [2.45, 2.75) is 75.1 Å². The van der Waals surface area contributed by atoms with Gasteiger partial charge in [-0.15, -0.1) is 11.3 Å². The number of hydrogen-bond donors (Lipinski definition) is 4. The van der Waals surface area contributed by atoms with Crippen LogP contribution in [0.2, 0.25) is 0 Å². The first-order valence-electron chi connectivity index (χ1n) is 25.4. The van der Waals surface area contributed by atoms with E-state index in [1.54, 1.807) is 19.4 Å². The standard InChI is InChI=1S/C55H62FN9O7S2/c1-34(2)41-6-4-5-7-42(41)47-31-63(30-35-8-10-38(69-3)11-9-35)18-19-65(47)37-26-55(27-37)13-16-64(17-14-55)46-25-48(72-39-22-36-12-15-58-53(36)60-28-39)43(23-44(46)56)54(66)62-74(67,68)49-24-45(57)50(52-51(49)61-33-73-52)59-29-40-32-70-20-21-71-40/h4-12,15,22-25,28,33-34,37,40,47,59H,13-14,16-21,26-27,29-32,57H2,1-3H3,(H,58,60)(H,62,66)/t40-,47-/m0/s1. The van der Waals surface area contributed by atoms with Gasteiger partial charge in [-0.25, -0.2) is 27.5 Å². The molecule has 0 bridgehead atoms. The molecule has 4 aromatic carbocycles. The van der Waals surface area contributed by atoms with Crippen molar-refractivity contribution in [1.82, 2.24) is 29.5 Å². The molecule has 4 fully saturated rings. The van der Waals surface area contributed by atoms with Crippen molar-refractivity contribution >= 4 is 65.6 Å². The zero-order chi connectivity index (χ0) is 51.1. The zero-order valence-corrected chi connectivity index (χ0v) is 43.4. The molecule has 74 heavy (non-hydrogen) atoms. The number of hydrogen-bond acceptors (Lipinski definition) is 15. The Morgan fingerprint density at radius 2 is 1.81 bits per heavy atom. The molecule has 19 heteroatoms. The lowest BCUT2D eigenvalue weighted by atomic mass is 9.59. The number of anilines is 3. The van der Waals surface area contributed by atoms with E-state index in [-0.39, 0.29) is 56.4 Å². The Morgan fingerprint density at radius 3 is 2.58 bits per heavy atom. The lowest BCUT2D eigenvalue weighted by Crippen LogP contribution is -2.60. The van der Waals surface area contributed by atoms with Gasteiger partial charge in [-0.2, -0.15) is 0 Å². The Hall–Kier alpha value is -6.35. The average molecular weight is 1040 g/mol. The summed E-state index contributed by atoms with van der Waals surface area (Å²) in [6, 6.07) is 25.4. The number of aromatic nitrogens is 3. The molecule has 2 atom stereocenters. The van der Waals surface area contributed by atoms with Crippen molar-refractivity contribution in [1.29, 1.82) is 0 Å². The number of halogens is 1. The number of nitrogens with one attached hydrogen (secondary N) is 3. The molecule has 7 aromatic rings. The van der Waals surface area contributed by atoms with Crippen molar-refractivity contribution in [2.24, 2.45) is 5.41 Å². The first-order chi connectivity index (χ1) is 35.8. The van der Waals surface area contributed by atoms with Gasteiger partial charge >= 0.3 is 0 Å². The van der Waals surface area contributed by atoms with Gasteiger partial charge in [0.05, 0.1) is 72.1 Å². The van der Waals surface area contributed by atoms with Gasteiger partial charge in [-0.1, -0.05) is 50.2 Å². The van der Waals surface area contributed by atoms with E-state index in [2.05, 4.69) is 85.0 Å². The van der Waals surface area contributed by atoms with Crippen molar-refractivity contribution in [2.75, 3.05) is 82.1 Å². The molecule has 3 aliphatic heterocycles. The minimum absolute atomic E-state index is 0.0274. The fourth-order valence-corrected chi connectivity index (χ4v) is 13.6. The summed E-state index contributed by atoms with van der Waals surface area (Å²) in [6.45, 7) is 11.3. The highest BCUT2D eigenvalue weighted by Crippen LogP contribution is 2.54. The Kier molecular flexibility index (Phi) is 14.0. The van der Waals surface area contributed by atoms with E-state index in [9.17, 15) is 13.2 Å². The number of H-pyrrole nitrogens is 1. The molecule has 0 radical (unpaired) electrons. The molecule has 388 valence electrons. The first-order valence-corrected chi connectivity index (χ1v) is 27.8. The number of rotatable bonds is 15. The van der Waals surface area contributed by atoms with E-state index in [0.717, 1.165) is 69.1 Å². The fourth-order valence-electron chi connectivity index (χ4n) is 11.5. The van der Waals surface area contributed by atoms with E-state index in [4.69, 9.17) is 24.7 Å². The van der Waals surface area contributed by atoms with Gasteiger partial charge in [0.1, 0.15) is 39.1 Å². The summed E-state index contributed by atoms with van der Waals surface area (Å²) in [6.07, 6.45) is 6.92. The third-order valence-electron chi connectivity index (χ3n) is 15.4. The van der Waals surface area contributed by atoms with Gasteiger partial charge in [-0.3, -0.25) is 14.6 Å². The van der Waals surface area contributed by atoms with Crippen molar-refractivity contribution in [3.63, 3.8) is 0 Å². The minimum atomic E-state index is -4.62. The smallest absolute Gasteiger partial charge is 0.268 e. The van der Waals surface area contributed by atoms with E-state index < -0.39 is 21.7 Å². The number of carbonyl (C=O) groups excluding carboxylic acids is 1. The summed E-state index contributed by atoms with van der Waals surface area (Å²) in [4.78, 5) is 33.2. The summed E-state index contributed by atoms with van der Waals surface area (Å²) in [5, 5.41) is 4.02. The van der Waals surface area contributed by atoms with Gasteiger partial charge in [-0.05, 0) is 90.1 Å². The highest BCUT2D eigenvalue weighted by molar-refractivity contribution is 7.90. The molecule has 3 saturated heterocycles. The SMILES string of the molecule is COc1ccc(CN2CCN(C3CC4(CCN(c5cc(Oc6cnc7[nH]ccc7c6)c(C(=O)NS(=O)(=O)c6cc(N)c(NC[C@H]7COCCO7)c7scnc67)cc5F)CC4)C3)[C@H](c3ccccc3C(C)C)C2)cc1. The molecule has 1 saturated carbocycles. The van der Waals surface area contributed by atoms with Gasteiger partial charge < -0.3 is 39.9 Å². The molecule has 1 aliphatic carbocycles. The van der Waals surface area contributed by atoms with Crippen LogP contribution in [-0.2, 0) is 26.0 Å². The van der Waals surface area contributed by atoms with Crippen LogP contribution in [0.25, 0.3) is 21.3 Å². The third kappa shape index (κ3) is 10.1. The Bertz CT molecular complexity index is 3270. The molecule has 6 heterocycles. The van der Waals surface area contributed by atoms with Crippen molar-refractivity contribution < 1.29 is 36.6 Å². The van der Waals surface area contributed by atoms with Crippen LogP contribution < -0.4 is 30.1 Å². The minimum Gasteiger partial charge on any atom is -0.497 e. The lowest BCUT2D eigenvalue weighted by Gasteiger charge is -2.58. The van der Waals surface area contributed by atoms with Crippen LogP contribution in [-0.4, -0.2) is 117 Å². The van der Waals surface area contributed by atoms with Gasteiger partial charge in [0.2, 0.25) is 0 Å². The molecule has 5 N–H and O–H groups in total. The van der Waals surface area contributed by atoms with E-state index in [1.807, 2.05) is 23.1 Å². The second kappa shape index (κ2) is 20.8. The second-order valence-electron chi connectivity index (χ2n) is 20.4. The van der Waals surface area contributed by atoms with Crippen LogP contribution in [0.5, 0.6) is 17.2 Å². The number of nitrogens with two attached hydrogens (primary N) is 1. The van der Waals surface area contributed by atoms with Crippen LogP contribution in [0.3, 0.4) is 0 Å². The Labute approximate surface area is 434 Å². The lowest BCUT2D eigenvalue weighted by molar-refractivity contribution is -0.0818. The third-order valence-corrected chi connectivity index (χ3v) is 17.6. The van der Waals surface area contributed by atoms with Crippen molar-refractivity contribution in [3.05, 3.63) is 125 Å². The number of amides is 1. The predicted molar refractivity (Wildman–Crippen MR) is 285 cm³/mol. The number of piperazine rings is 1. The van der Waals surface area contributed by atoms with E-state index in [0.29, 0.717) is 67.4 Å². The monoisotopic (exact) mass is 1040 g/mol. The van der Waals surface area contributed by atoms with Crippen LogP contribution in [0.15, 0.2) is 102 Å². The number of methoxy groups -OCH3 is 1.